The minimum absolute atomic E-state index is 0.230. The van der Waals surface area contributed by atoms with E-state index in [9.17, 15) is 0 Å². The standard InChI is InChI=1S/C22H27N5O/c1-16(21-14-24-22(26-17(21)2)18-5-9-23-10-6-18)25-19-7-11-27(12-8-19)15-20-4-3-13-28-20/h3-6,9-10,13-14,16,19,25H,7-8,11-12,15H2,1-2H3/t16-/m0/s1. The van der Waals surface area contributed by atoms with Gasteiger partial charge in [-0.1, -0.05) is 0 Å². The van der Waals surface area contributed by atoms with Crippen LogP contribution < -0.4 is 5.32 Å². The number of hydrogen-bond acceptors (Lipinski definition) is 6. The van der Waals surface area contributed by atoms with Crippen molar-refractivity contribution in [2.24, 2.45) is 0 Å². The first kappa shape index (κ1) is 18.8. The Labute approximate surface area is 166 Å². The summed E-state index contributed by atoms with van der Waals surface area (Å²) in [6.45, 7) is 7.33. The number of furan rings is 1. The van der Waals surface area contributed by atoms with Crippen molar-refractivity contribution in [2.45, 2.75) is 45.3 Å². The molecule has 1 fully saturated rings. The van der Waals surface area contributed by atoms with Crippen molar-refractivity contribution in [1.82, 2.24) is 25.2 Å². The van der Waals surface area contributed by atoms with E-state index in [1.165, 1.54) is 0 Å². The van der Waals surface area contributed by atoms with Gasteiger partial charge >= 0.3 is 0 Å². The normalized spacial score (nSPS) is 16.9. The topological polar surface area (TPSA) is 67.1 Å². The van der Waals surface area contributed by atoms with Crippen LogP contribution in [-0.4, -0.2) is 39.0 Å². The molecular weight excluding hydrogens is 350 g/mol. The first-order valence-corrected chi connectivity index (χ1v) is 9.94. The second-order valence-corrected chi connectivity index (χ2v) is 7.49. The number of nitrogens with zero attached hydrogens (tertiary/aromatic N) is 4. The molecule has 0 amide bonds. The van der Waals surface area contributed by atoms with Crippen molar-refractivity contribution in [1.29, 1.82) is 0 Å². The molecule has 0 saturated carbocycles. The third-order valence-corrected chi connectivity index (χ3v) is 5.46. The smallest absolute Gasteiger partial charge is 0.159 e. The van der Waals surface area contributed by atoms with Crippen molar-refractivity contribution in [3.63, 3.8) is 0 Å². The molecule has 1 atom stereocenters. The summed E-state index contributed by atoms with van der Waals surface area (Å²) >= 11 is 0. The fraction of sp³-hybridized carbons (Fsp3) is 0.409. The lowest BCUT2D eigenvalue weighted by Crippen LogP contribution is -2.43. The minimum Gasteiger partial charge on any atom is -0.468 e. The Morgan fingerprint density at radius 1 is 1.21 bits per heavy atom. The van der Waals surface area contributed by atoms with Crippen LogP contribution in [-0.2, 0) is 6.54 Å². The molecule has 4 rings (SSSR count). The highest BCUT2D eigenvalue weighted by atomic mass is 16.3. The molecular formula is C22H27N5O. The zero-order valence-corrected chi connectivity index (χ0v) is 16.5. The van der Waals surface area contributed by atoms with E-state index in [1.54, 1.807) is 18.7 Å². The third-order valence-electron chi connectivity index (χ3n) is 5.46. The van der Waals surface area contributed by atoms with Crippen LogP contribution in [0, 0.1) is 6.92 Å². The SMILES string of the molecule is Cc1nc(-c2ccncc2)ncc1[C@H](C)NC1CCN(Cc2ccco2)CC1. The summed E-state index contributed by atoms with van der Waals surface area (Å²) in [4.78, 5) is 15.8. The third kappa shape index (κ3) is 4.46. The monoisotopic (exact) mass is 377 g/mol. The number of rotatable bonds is 6. The number of aryl methyl sites for hydroxylation is 1. The first-order valence-electron chi connectivity index (χ1n) is 9.94. The summed E-state index contributed by atoms with van der Waals surface area (Å²) in [6.07, 6.45) is 9.52. The predicted octanol–water partition coefficient (Wildman–Crippen LogP) is 3.76. The van der Waals surface area contributed by atoms with Gasteiger partial charge in [0.05, 0.1) is 12.8 Å². The first-order chi connectivity index (χ1) is 13.7. The molecule has 28 heavy (non-hydrogen) atoms. The van der Waals surface area contributed by atoms with E-state index in [0.29, 0.717) is 6.04 Å². The van der Waals surface area contributed by atoms with E-state index in [-0.39, 0.29) is 6.04 Å². The van der Waals surface area contributed by atoms with Gasteiger partial charge in [-0.05, 0) is 51.0 Å². The molecule has 0 aromatic carbocycles. The van der Waals surface area contributed by atoms with Gasteiger partial charge < -0.3 is 9.73 Å². The Bertz CT molecular complexity index is 873. The molecule has 0 aliphatic carbocycles. The van der Waals surface area contributed by atoms with Crippen LogP contribution in [0.25, 0.3) is 11.4 Å². The lowest BCUT2D eigenvalue weighted by atomic mass is 10.0. The summed E-state index contributed by atoms with van der Waals surface area (Å²) in [7, 11) is 0. The van der Waals surface area contributed by atoms with E-state index in [2.05, 4.69) is 34.0 Å². The Morgan fingerprint density at radius 2 is 2.00 bits per heavy atom. The fourth-order valence-corrected chi connectivity index (χ4v) is 3.87. The number of likely N-dealkylation sites (tertiary alicyclic amines) is 1. The maximum absolute atomic E-state index is 5.47. The molecule has 1 aliphatic rings. The van der Waals surface area contributed by atoms with E-state index in [0.717, 1.165) is 60.9 Å². The number of nitrogens with one attached hydrogen (secondary N) is 1. The Hall–Kier alpha value is -2.57. The summed E-state index contributed by atoms with van der Waals surface area (Å²) in [5.74, 6) is 1.80. The minimum atomic E-state index is 0.230. The molecule has 0 unspecified atom stereocenters. The highest BCUT2D eigenvalue weighted by Crippen LogP contribution is 2.22. The van der Waals surface area contributed by atoms with Crippen molar-refractivity contribution >= 4 is 0 Å². The predicted molar refractivity (Wildman–Crippen MR) is 109 cm³/mol. The summed E-state index contributed by atoms with van der Waals surface area (Å²) in [5, 5.41) is 3.77. The van der Waals surface area contributed by atoms with Crippen molar-refractivity contribution in [2.75, 3.05) is 13.1 Å². The van der Waals surface area contributed by atoms with Gasteiger partial charge in [0.1, 0.15) is 5.76 Å². The van der Waals surface area contributed by atoms with Crippen LogP contribution in [0.1, 0.15) is 42.8 Å². The van der Waals surface area contributed by atoms with Gasteiger partial charge in [-0.15, -0.1) is 0 Å². The molecule has 1 N–H and O–H groups in total. The quantitative estimate of drug-likeness (QED) is 0.706. The van der Waals surface area contributed by atoms with Crippen LogP contribution in [0.2, 0.25) is 0 Å². The van der Waals surface area contributed by atoms with E-state index >= 15 is 0 Å². The maximum atomic E-state index is 5.47. The van der Waals surface area contributed by atoms with Crippen LogP contribution >= 0.6 is 0 Å². The zero-order chi connectivity index (χ0) is 19.3. The van der Waals surface area contributed by atoms with Crippen molar-refractivity contribution in [3.8, 4) is 11.4 Å². The van der Waals surface area contributed by atoms with Crippen molar-refractivity contribution < 1.29 is 4.42 Å². The summed E-state index contributed by atoms with van der Waals surface area (Å²) in [6, 6.07) is 8.62. The Morgan fingerprint density at radius 3 is 2.68 bits per heavy atom. The molecule has 0 bridgehead atoms. The number of hydrogen-bond donors (Lipinski definition) is 1. The fourth-order valence-electron chi connectivity index (χ4n) is 3.87. The molecule has 3 aromatic rings. The maximum Gasteiger partial charge on any atom is 0.159 e. The van der Waals surface area contributed by atoms with Crippen LogP contribution in [0.3, 0.4) is 0 Å². The van der Waals surface area contributed by atoms with Crippen molar-refractivity contribution in [3.05, 3.63) is 66.1 Å². The molecule has 0 radical (unpaired) electrons. The van der Waals surface area contributed by atoms with E-state index in [4.69, 9.17) is 9.40 Å². The molecule has 6 heteroatoms. The number of aromatic nitrogens is 3. The molecule has 146 valence electrons. The lowest BCUT2D eigenvalue weighted by molar-refractivity contribution is 0.174. The van der Waals surface area contributed by atoms with Crippen LogP contribution in [0.15, 0.2) is 53.5 Å². The average molecular weight is 377 g/mol. The van der Waals surface area contributed by atoms with Gasteiger partial charge in [-0.25, -0.2) is 9.97 Å². The largest absolute Gasteiger partial charge is 0.468 e. The molecule has 3 aromatic heterocycles. The number of piperidine rings is 1. The number of pyridine rings is 1. The lowest BCUT2D eigenvalue weighted by Gasteiger charge is -2.33. The molecule has 4 heterocycles. The second-order valence-electron chi connectivity index (χ2n) is 7.49. The molecule has 0 spiro atoms. The van der Waals surface area contributed by atoms with Gasteiger partial charge in [-0.2, -0.15) is 0 Å². The van der Waals surface area contributed by atoms with E-state index < -0.39 is 0 Å². The van der Waals surface area contributed by atoms with Gasteiger partial charge in [0.25, 0.3) is 0 Å². The van der Waals surface area contributed by atoms with Gasteiger partial charge in [0.15, 0.2) is 5.82 Å². The molecule has 6 nitrogen and oxygen atoms in total. The van der Waals surface area contributed by atoms with Gasteiger partial charge in [0.2, 0.25) is 0 Å². The molecule has 1 saturated heterocycles. The highest BCUT2D eigenvalue weighted by molar-refractivity contribution is 5.53. The van der Waals surface area contributed by atoms with Gasteiger partial charge in [-0.3, -0.25) is 9.88 Å². The molecule has 1 aliphatic heterocycles. The second kappa shape index (κ2) is 8.63. The summed E-state index contributed by atoms with van der Waals surface area (Å²) in [5.41, 5.74) is 3.18. The van der Waals surface area contributed by atoms with Crippen LogP contribution in [0.4, 0.5) is 0 Å². The average Bonchev–Trinajstić information content (AvgIpc) is 3.23. The zero-order valence-electron chi connectivity index (χ0n) is 16.5. The van der Waals surface area contributed by atoms with Gasteiger partial charge in [0, 0.05) is 60.6 Å². The highest BCUT2D eigenvalue weighted by Gasteiger charge is 2.22. The summed E-state index contributed by atoms with van der Waals surface area (Å²) < 4.78 is 5.47. The van der Waals surface area contributed by atoms with E-state index in [1.807, 2.05) is 30.5 Å². The van der Waals surface area contributed by atoms with Crippen LogP contribution in [0.5, 0.6) is 0 Å². The Kier molecular flexibility index (Phi) is 5.78. The Balaban J connectivity index is 1.33.